The Morgan fingerprint density at radius 3 is 3.05 bits per heavy atom. The fourth-order valence-corrected chi connectivity index (χ4v) is 1.89. The second kappa shape index (κ2) is 6.28. The molecule has 8 nitrogen and oxygen atoms in total. The van der Waals surface area contributed by atoms with Gasteiger partial charge in [0.2, 0.25) is 5.91 Å². The van der Waals surface area contributed by atoms with Gasteiger partial charge in [0, 0.05) is 13.2 Å². The van der Waals surface area contributed by atoms with Crippen molar-refractivity contribution in [2.45, 2.75) is 19.4 Å². The molecule has 1 fully saturated rings. The van der Waals surface area contributed by atoms with Gasteiger partial charge in [-0.1, -0.05) is 5.21 Å². The number of carbonyl (C=O) groups is 2. The molecule has 19 heavy (non-hydrogen) atoms. The minimum Gasteiger partial charge on any atom is -0.476 e. The highest BCUT2D eigenvalue weighted by molar-refractivity contribution is 5.84. The quantitative estimate of drug-likeness (QED) is 0.747. The fourth-order valence-electron chi connectivity index (χ4n) is 1.89. The van der Waals surface area contributed by atoms with E-state index in [9.17, 15) is 9.59 Å². The van der Waals surface area contributed by atoms with Gasteiger partial charge < -0.3 is 15.2 Å². The third-order valence-electron chi connectivity index (χ3n) is 2.93. The van der Waals surface area contributed by atoms with Gasteiger partial charge in [-0.15, -0.1) is 5.10 Å². The molecular weight excluding hydrogens is 252 g/mol. The van der Waals surface area contributed by atoms with Crippen molar-refractivity contribution in [2.75, 3.05) is 19.8 Å². The summed E-state index contributed by atoms with van der Waals surface area (Å²) in [4.78, 5) is 22.4. The van der Waals surface area contributed by atoms with Crippen molar-refractivity contribution in [1.82, 2.24) is 20.3 Å². The smallest absolute Gasteiger partial charge is 0.358 e. The summed E-state index contributed by atoms with van der Waals surface area (Å²) in [6.07, 6.45) is 3.08. The number of ether oxygens (including phenoxy) is 1. The van der Waals surface area contributed by atoms with E-state index in [2.05, 4.69) is 15.6 Å². The molecule has 0 aromatic carbocycles. The molecule has 2 heterocycles. The zero-order valence-corrected chi connectivity index (χ0v) is 10.4. The highest BCUT2D eigenvalue weighted by Gasteiger charge is 2.21. The van der Waals surface area contributed by atoms with Crippen LogP contribution >= 0.6 is 0 Å². The van der Waals surface area contributed by atoms with Crippen molar-refractivity contribution in [3.05, 3.63) is 11.9 Å². The average molecular weight is 268 g/mol. The summed E-state index contributed by atoms with van der Waals surface area (Å²) in [6.45, 7) is 1.97. The number of rotatable bonds is 5. The number of nitrogens with zero attached hydrogens (tertiary/aromatic N) is 3. The molecule has 1 aromatic heterocycles. The summed E-state index contributed by atoms with van der Waals surface area (Å²) in [7, 11) is 0. The lowest BCUT2D eigenvalue weighted by atomic mass is 10.0. The Morgan fingerprint density at radius 2 is 2.42 bits per heavy atom. The van der Waals surface area contributed by atoms with E-state index in [4.69, 9.17) is 9.84 Å². The number of hydrogen-bond acceptors (Lipinski definition) is 5. The van der Waals surface area contributed by atoms with E-state index in [1.54, 1.807) is 0 Å². The van der Waals surface area contributed by atoms with E-state index in [1.165, 1.54) is 10.9 Å². The van der Waals surface area contributed by atoms with Crippen LogP contribution in [0.1, 0.15) is 23.3 Å². The van der Waals surface area contributed by atoms with Gasteiger partial charge in [-0.3, -0.25) is 4.79 Å². The number of carboxylic acid groups (broad SMARTS) is 1. The van der Waals surface area contributed by atoms with Crippen molar-refractivity contribution in [3.8, 4) is 0 Å². The van der Waals surface area contributed by atoms with Crippen molar-refractivity contribution in [3.63, 3.8) is 0 Å². The molecule has 2 rings (SSSR count). The van der Waals surface area contributed by atoms with E-state index >= 15 is 0 Å². The first-order chi connectivity index (χ1) is 9.16. The van der Waals surface area contributed by atoms with Crippen LogP contribution in [0.2, 0.25) is 0 Å². The van der Waals surface area contributed by atoms with Crippen LogP contribution < -0.4 is 5.32 Å². The lowest BCUT2D eigenvalue weighted by molar-refractivity contribution is -0.128. The lowest BCUT2D eigenvalue weighted by Gasteiger charge is -2.21. The van der Waals surface area contributed by atoms with Gasteiger partial charge in [-0.05, 0) is 12.8 Å². The molecule has 1 atom stereocenters. The molecule has 1 aliphatic heterocycles. The highest BCUT2D eigenvalue weighted by Crippen LogP contribution is 2.13. The number of hydrogen-bond donors (Lipinski definition) is 2. The minimum absolute atomic E-state index is 0.0294. The molecule has 1 saturated heterocycles. The van der Waals surface area contributed by atoms with Crippen molar-refractivity contribution < 1.29 is 19.4 Å². The van der Waals surface area contributed by atoms with Gasteiger partial charge >= 0.3 is 5.97 Å². The monoisotopic (exact) mass is 268 g/mol. The van der Waals surface area contributed by atoms with Gasteiger partial charge in [0.05, 0.1) is 25.3 Å². The summed E-state index contributed by atoms with van der Waals surface area (Å²) >= 11 is 0. The maximum Gasteiger partial charge on any atom is 0.358 e. The zero-order valence-electron chi connectivity index (χ0n) is 10.4. The molecular formula is C11H16N4O4. The van der Waals surface area contributed by atoms with Gasteiger partial charge in [0.15, 0.2) is 5.69 Å². The third-order valence-corrected chi connectivity index (χ3v) is 2.93. The van der Waals surface area contributed by atoms with Crippen LogP contribution in [0.5, 0.6) is 0 Å². The van der Waals surface area contributed by atoms with Crippen LogP contribution in [0.4, 0.5) is 0 Å². The first-order valence-corrected chi connectivity index (χ1v) is 6.15. The summed E-state index contributed by atoms with van der Waals surface area (Å²) < 4.78 is 6.63. The van der Waals surface area contributed by atoms with Crippen molar-refractivity contribution in [1.29, 1.82) is 0 Å². The summed E-state index contributed by atoms with van der Waals surface area (Å²) in [6, 6.07) is 0. The maximum atomic E-state index is 11.8. The predicted octanol–water partition coefficient (Wildman–Crippen LogP) is -0.481. The number of aromatic nitrogens is 3. The Bertz CT molecular complexity index is 453. The SMILES string of the molecule is O=C(O)c1cn(CCNC(=O)C2CCCOC2)nn1. The van der Waals surface area contributed by atoms with Crippen molar-refractivity contribution >= 4 is 11.9 Å². The molecule has 8 heteroatoms. The van der Waals surface area contributed by atoms with E-state index in [1.807, 2.05) is 0 Å². The maximum absolute atomic E-state index is 11.8. The highest BCUT2D eigenvalue weighted by atomic mass is 16.5. The van der Waals surface area contributed by atoms with E-state index in [-0.39, 0.29) is 17.5 Å². The molecule has 1 aromatic rings. The molecule has 1 aliphatic rings. The predicted molar refractivity (Wildman–Crippen MR) is 63.5 cm³/mol. The second-order valence-corrected chi connectivity index (χ2v) is 4.38. The Labute approximate surface area is 109 Å². The van der Waals surface area contributed by atoms with E-state index < -0.39 is 5.97 Å². The average Bonchev–Trinajstić information content (AvgIpc) is 2.89. The van der Waals surface area contributed by atoms with Crippen molar-refractivity contribution in [2.24, 2.45) is 5.92 Å². The number of nitrogens with one attached hydrogen (secondary N) is 1. The first kappa shape index (κ1) is 13.5. The number of amides is 1. The largest absolute Gasteiger partial charge is 0.476 e. The van der Waals surface area contributed by atoms with Gasteiger partial charge in [0.1, 0.15) is 0 Å². The molecule has 2 N–H and O–H groups in total. The standard InChI is InChI=1S/C11H16N4O4/c16-10(8-2-1-5-19-7-8)12-3-4-15-6-9(11(17)18)13-14-15/h6,8H,1-5,7H2,(H,12,16)(H,17,18). The fraction of sp³-hybridized carbons (Fsp3) is 0.636. The summed E-state index contributed by atoms with van der Waals surface area (Å²) in [5, 5.41) is 18.6. The second-order valence-electron chi connectivity index (χ2n) is 4.38. The van der Waals surface area contributed by atoms with Crippen LogP contribution in [0, 0.1) is 5.92 Å². The van der Waals surface area contributed by atoms with Crippen LogP contribution in [0.25, 0.3) is 0 Å². The first-order valence-electron chi connectivity index (χ1n) is 6.15. The Balaban J connectivity index is 1.73. The third kappa shape index (κ3) is 3.75. The molecule has 0 radical (unpaired) electrons. The van der Waals surface area contributed by atoms with Crippen LogP contribution in [-0.4, -0.2) is 51.7 Å². The molecule has 0 saturated carbocycles. The molecule has 1 unspecified atom stereocenters. The molecule has 0 spiro atoms. The Morgan fingerprint density at radius 1 is 1.58 bits per heavy atom. The van der Waals surface area contributed by atoms with Gasteiger partial charge in [-0.25, -0.2) is 9.48 Å². The normalized spacial score (nSPS) is 19.1. The molecule has 1 amide bonds. The van der Waals surface area contributed by atoms with Crippen LogP contribution in [0.3, 0.4) is 0 Å². The van der Waals surface area contributed by atoms with E-state index in [0.29, 0.717) is 19.7 Å². The summed E-state index contributed by atoms with van der Waals surface area (Å²) in [5.74, 6) is -1.23. The number of aromatic carboxylic acids is 1. The minimum atomic E-state index is -1.12. The molecule has 104 valence electrons. The zero-order chi connectivity index (χ0) is 13.7. The van der Waals surface area contributed by atoms with Gasteiger partial charge in [0.25, 0.3) is 0 Å². The van der Waals surface area contributed by atoms with Gasteiger partial charge in [-0.2, -0.15) is 0 Å². The molecule has 0 bridgehead atoms. The lowest BCUT2D eigenvalue weighted by Crippen LogP contribution is -2.37. The molecule has 0 aliphatic carbocycles. The van der Waals surface area contributed by atoms with Crippen LogP contribution in [-0.2, 0) is 16.1 Å². The van der Waals surface area contributed by atoms with Crippen LogP contribution in [0.15, 0.2) is 6.20 Å². The Hall–Kier alpha value is -1.96. The summed E-state index contributed by atoms with van der Waals surface area (Å²) in [5.41, 5.74) is -0.105. The Kier molecular flexibility index (Phi) is 4.45. The number of carbonyl (C=O) groups excluding carboxylic acids is 1. The topological polar surface area (TPSA) is 106 Å². The number of carboxylic acids is 1. The van der Waals surface area contributed by atoms with E-state index in [0.717, 1.165) is 19.4 Å².